The van der Waals surface area contributed by atoms with Gasteiger partial charge < -0.3 is 10.1 Å². The molecule has 0 bridgehead atoms. The van der Waals surface area contributed by atoms with Crippen molar-refractivity contribution in [3.05, 3.63) is 46.2 Å². The molecule has 1 N–H and O–H groups in total. The van der Waals surface area contributed by atoms with E-state index in [4.69, 9.17) is 17.0 Å². The molecule has 1 aromatic carbocycles. The van der Waals surface area contributed by atoms with Crippen LogP contribution in [0.1, 0.15) is 5.56 Å². The van der Waals surface area contributed by atoms with Crippen molar-refractivity contribution >= 4 is 56.0 Å². The molecule has 1 saturated heterocycles. The standard InChI is InChI=1S/C17H16N2O5S3/c1-24-13-5-3-2-4-11(13)8-14-16(21)19(17(25)26-14)9-15(20)18-12-6-7-27(22,23)10-12/h2-8,12H,9-10H2,1H3,(H,18,20)/b14-8+/t12-/m1/s1. The molecule has 0 aliphatic carbocycles. The van der Waals surface area contributed by atoms with Crippen molar-refractivity contribution in [3.8, 4) is 5.75 Å². The summed E-state index contributed by atoms with van der Waals surface area (Å²) in [6.45, 7) is -0.266. The number of amides is 2. The molecule has 2 aliphatic heterocycles. The fourth-order valence-corrected chi connectivity index (χ4v) is 5.11. The zero-order valence-corrected chi connectivity index (χ0v) is 16.7. The molecule has 1 fully saturated rings. The third kappa shape index (κ3) is 4.57. The van der Waals surface area contributed by atoms with Crippen LogP contribution in [0.25, 0.3) is 6.08 Å². The van der Waals surface area contributed by atoms with Crippen molar-refractivity contribution in [2.24, 2.45) is 0 Å². The number of carbonyl (C=O) groups is 2. The topological polar surface area (TPSA) is 92.8 Å². The molecule has 0 radical (unpaired) electrons. The van der Waals surface area contributed by atoms with Gasteiger partial charge in [-0.1, -0.05) is 42.2 Å². The van der Waals surface area contributed by atoms with Crippen LogP contribution in [-0.4, -0.2) is 54.9 Å². The maximum Gasteiger partial charge on any atom is 0.266 e. The lowest BCUT2D eigenvalue weighted by atomic mass is 10.2. The number of carbonyl (C=O) groups excluding carboxylic acids is 2. The Morgan fingerprint density at radius 2 is 2.19 bits per heavy atom. The molecular formula is C17H16N2O5S3. The van der Waals surface area contributed by atoms with Gasteiger partial charge in [-0.3, -0.25) is 14.5 Å². The number of benzene rings is 1. The lowest BCUT2D eigenvalue weighted by Gasteiger charge is -2.16. The summed E-state index contributed by atoms with van der Waals surface area (Å²) in [5.74, 6) is -0.405. The number of sulfone groups is 1. The maximum atomic E-state index is 12.6. The summed E-state index contributed by atoms with van der Waals surface area (Å²) in [4.78, 5) is 26.4. The zero-order valence-electron chi connectivity index (χ0n) is 14.2. The highest BCUT2D eigenvalue weighted by Crippen LogP contribution is 2.34. The van der Waals surface area contributed by atoms with Crippen LogP contribution < -0.4 is 10.1 Å². The van der Waals surface area contributed by atoms with E-state index >= 15 is 0 Å². The van der Waals surface area contributed by atoms with Gasteiger partial charge in [-0.25, -0.2) is 8.42 Å². The van der Waals surface area contributed by atoms with E-state index < -0.39 is 21.8 Å². The first-order valence-electron chi connectivity index (χ1n) is 7.88. The number of methoxy groups -OCH3 is 1. The molecule has 2 heterocycles. The lowest BCUT2D eigenvalue weighted by Crippen LogP contribution is -2.43. The summed E-state index contributed by atoms with van der Waals surface area (Å²) in [7, 11) is -1.73. The molecule has 2 aliphatic rings. The van der Waals surface area contributed by atoms with Crippen LogP contribution in [0.5, 0.6) is 5.75 Å². The third-order valence-electron chi connectivity index (χ3n) is 3.88. The molecule has 0 unspecified atom stereocenters. The van der Waals surface area contributed by atoms with Crippen molar-refractivity contribution in [2.45, 2.75) is 6.04 Å². The van der Waals surface area contributed by atoms with Crippen molar-refractivity contribution in [1.29, 1.82) is 0 Å². The molecule has 142 valence electrons. The van der Waals surface area contributed by atoms with E-state index in [0.29, 0.717) is 10.7 Å². The molecule has 0 saturated carbocycles. The highest BCUT2D eigenvalue weighted by molar-refractivity contribution is 8.26. The third-order valence-corrected chi connectivity index (χ3v) is 6.65. The number of hydrogen-bond acceptors (Lipinski definition) is 7. The predicted octanol–water partition coefficient (Wildman–Crippen LogP) is 1.32. The number of para-hydroxylation sites is 1. The fourth-order valence-electron chi connectivity index (χ4n) is 2.62. The molecule has 2 amide bonds. The van der Waals surface area contributed by atoms with E-state index in [1.807, 2.05) is 18.2 Å². The first kappa shape index (κ1) is 19.6. The first-order valence-corrected chi connectivity index (χ1v) is 10.8. The molecule has 1 aromatic rings. The largest absolute Gasteiger partial charge is 0.496 e. The monoisotopic (exact) mass is 424 g/mol. The second kappa shape index (κ2) is 7.83. The average Bonchev–Trinajstić information content (AvgIpc) is 3.08. The van der Waals surface area contributed by atoms with Gasteiger partial charge in [-0.2, -0.15) is 0 Å². The molecule has 7 nitrogen and oxygen atoms in total. The van der Waals surface area contributed by atoms with Gasteiger partial charge in [0.1, 0.15) is 16.6 Å². The van der Waals surface area contributed by atoms with Gasteiger partial charge in [0, 0.05) is 11.0 Å². The molecule has 0 aromatic heterocycles. The number of hydrogen-bond donors (Lipinski definition) is 1. The summed E-state index contributed by atoms with van der Waals surface area (Å²) in [5.41, 5.74) is 0.728. The van der Waals surface area contributed by atoms with Crippen molar-refractivity contribution in [1.82, 2.24) is 10.2 Å². The first-order chi connectivity index (χ1) is 12.8. The smallest absolute Gasteiger partial charge is 0.266 e. The van der Waals surface area contributed by atoms with Crippen LogP contribution in [-0.2, 0) is 19.4 Å². The number of thiocarbonyl (C=S) groups is 1. The normalized spacial score (nSPS) is 22.5. The summed E-state index contributed by atoms with van der Waals surface area (Å²) in [5, 5.41) is 3.66. The van der Waals surface area contributed by atoms with Gasteiger partial charge in [0.2, 0.25) is 5.91 Å². The van der Waals surface area contributed by atoms with Gasteiger partial charge in [0.25, 0.3) is 5.91 Å². The Hall–Kier alpha value is -2.17. The van der Waals surface area contributed by atoms with E-state index in [-0.39, 0.29) is 22.5 Å². The number of ether oxygens (including phenoxy) is 1. The Morgan fingerprint density at radius 1 is 1.44 bits per heavy atom. The predicted molar refractivity (Wildman–Crippen MR) is 108 cm³/mol. The van der Waals surface area contributed by atoms with E-state index in [1.165, 1.54) is 11.0 Å². The van der Waals surface area contributed by atoms with Crippen LogP contribution >= 0.6 is 24.0 Å². The van der Waals surface area contributed by atoms with Gasteiger partial charge in [-0.15, -0.1) is 0 Å². The maximum absolute atomic E-state index is 12.6. The van der Waals surface area contributed by atoms with Crippen LogP contribution in [0.4, 0.5) is 0 Å². The minimum absolute atomic E-state index is 0.176. The average molecular weight is 425 g/mol. The number of thioether (sulfide) groups is 1. The number of nitrogens with one attached hydrogen (secondary N) is 1. The Labute approximate surface area is 166 Å². The highest BCUT2D eigenvalue weighted by Gasteiger charge is 2.34. The zero-order chi connectivity index (χ0) is 19.6. The summed E-state index contributed by atoms with van der Waals surface area (Å²) in [6.07, 6.45) is 3.08. The Kier molecular flexibility index (Phi) is 5.68. The summed E-state index contributed by atoms with van der Waals surface area (Å²) in [6, 6.07) is 6.65. The van der Waals surface area contributed by atoms with Crippen molar-refractivity contribution in [3.63, 3.8) is 0 Å². The van der Waals surface area contributed by atoms with Crippen molar-refractivity contribution < 1.29 is 22.7 Å². The van der Waals surface area contributed by atoms with Gasteiger partial charge in [-0.05, 0) is 18.2 Å². The van der Waals surface area contributed by atoms with Crippen LogP contribution in [0.3, 0.4) is 0 Å². The second-order valence-corrected chi connectivity index (χ2v) is 9.45. The van der Waals surface area contributed by atoms with E-state index in [9.17, 15) is 18.0 Å². The molecular weight excluding hydrogens is 408 g/mol. The molecule has 10 heteroatoms. The highest BCUT2D eigenvalue weighted by atomic mass is 32.2. The SMILES string of the molecule is COc1ccccc1/C=C1/SC(=S)N(CC(=O)N[C@@H]2C=CS(=O)(=O)C2)C1=O. The fraction of sp³-hybridized carbons (Fsp3) is 0.235. The Balaban J connectivity index is 1.68. The van der Waals surface area contributed by atoms with E-state index in [1.54, 1.807) is 19.3 Å². The van der Waals surface area contributed by atoms with Gasteiger partial charge in [0.05, 0.1) is 23.8 Å². The van der Waals surface area contributed by atoms with E-state index in [2.05, 4.69) is 5.32 Å². The summed E-state index contributed by atoms with van der Waals surface area (Å²) < 4.78 is 28.3. The van der Waals surface area contributed by atoms with Crippen molar-refractivity contribution in [2.75, 3.05) is 19.4 Å². The number of rotatable bonds is 5. The summed E-state index contributed by atoms with van der Waals surface area (Å²) >= 11 is 6.32. The molecule has 1 atom stereocenters. The number of nitrogens with zero attached hydrogens (tertiary/aromatic N) is 1. The van der Waals surface area contributed by atoms with Crippen LogP contribution in [0.15, 0.2) is 40.7 Å². The van der Waals surface area contributed by atoms with Gasteiger partial charge >= 0.3 is 0 Å². The van der Waals surface area contributed by atoms with Crippen LogP contribution in [0.2, 0.25) is 0 Å². The minimum Gasteiger partial charge on any atom is -0.496 e. The molecule has 27 heavy (non-hydrogen) atoms. The van der Waals surface area contributed by atoms with E-state index in [0.717, 1.165) is 22.7 Å². The van der Waals surface area contributed by atoms with Gasteiger partial charge in [0.15, 0.2) is 9.84 Å². The van der Waals surface area contributed by atoms with Crippen LogP contribution in [0, 0.1) is 0 Å². The molecule has 3 rings (SSSR count). The quantitative estimate of drug-likeness (QED) is 0.563. The second-order valence-electron chi connectivity index (χ2n) is 5.84. The minimum atomic E-state index is -3.27. The molecule has 0 spiro atoms. The Morgan fingerprint density at radius 3 is 2.85 bits per heavy atom. The Bertz CT molecular complexity index is 969. The lowest BCUT2D eigenvalue weighted by molar-refractivity contribution is -0.128.